The van der Waals surface area contributed by atoms with Crippen molar-refractivity contribution in [2.24, 2.45) is 11.1 Å². The van der Waals surface area contributed by atoms with E-state index in [0.717, 1.165) is 22.6 Å². The fourth-order valence-corrected chi connectivity index (χ4v) is 3.88. The predicted molar refractivity (Wildman–Crippen MR) is 120 cm³/mol. The molecule has 0 saturated carbocycles. The minimum Gasteiger partial charge on any atom is -0.371 e. The highest BCUT2D eigenvalue weighted by Gasteiger charge is 2.40. The Morgan fingerprint density at radius 2 is 1.90 bits per heavy atom. The molecular weight excluding hydrogens is 388 g/mol. The zero-order chi connectivity index (χ0) is 22.6. The Morgan fingerprint density at radius 3 is 2.48 bits per heavy atom. The van der Waals surface area contributed by atoms with Crippen molar-refractivity contribution < 1.29 is 9.53 Å². The molecular formula is C25H28N4O2. The number of aromatic nitrogens is 2. The van der Waals surface area contributed by atoms with Gasteiger partial charge in [-0.2, -0.15) is 5.26 Å². The molecule has 0 aliphatic carbocycles. The second-order valence-electron chi connectivity index (χ2n) is 8.69. The lowest BCUT2D eigenvalue weighted by Crippen LogP contribution is -2.42. The molecule has 31 heavy (non-hydrogen) atoms. The van der Waals surface area contributed by atoms with E-state index in [1.165, 1.54) is 7.11 Å². The number of nitriles is 1. The number of nitrogens with zero attached hydrogens (tertiary/aromatic N) is 3. The number of amides is 1. The van der Waals surface area contributed by atoms with Crippen LogP contribution in [0.4, 0.5) is 0 Å². The van der Waals surface area contributed by atoms with Gasteiger partial charge in [0.25, 0.3) is 0 Å². The molecule has 3 rings (SSSR count). The predicted octanol–water partition coefficient (Wildman–Crippen LogP) is 4.10. The Balaban J connectivity index is 2.17. The number of rotatable bonds is 7. The normalized spacial score (nSPS) is 13.4. The first-order valence-corrected chi connectivity index (χ1v) is 10.2. The third-order valence-corrected chi connectivity index (χ3v) is 5.33. The van der Waals surface area contributed by atoms with Crippen molar-refractivity contribution in [2.75, 3.05) is 7.11 Å². The number of hydrogen-bond donors (Lipinski definition) is 1. The Hall–Kier alpha value is -3.43. The summed E-state index contributed by atoms with van der Waals surface area (Å²) in [5.41, 5.74) is 8.71. The lowest BCUT2D eigenvalue weighted by Gasteiger charge is -2.34. The number of imidazole rings is 1. The molecule has 0 aliphatic rings. The van der Waals surface area contributed by atoms with E-state index in [-0.39, 0.29) is 11.3 Å². The third kappa shape index (κ3) is 5.01. The summed E-state index contributed by atoms with van der Waals surface area (Å²) in [4.78, 5) is 17.2. The van der Waals surface area contributed by atoms with Gasteiger partial charge in [0.05, 0.1) is 23.2 Å². The fourth-order valence-electron chi connectivity index (χ4n) is 3.88. The van der Waals surface area contributed by atoms with Crippen LogP contribution in [0.2, 0.25) is 0 Å². The van der Waals surface area contributed by atoms with E-state index >= 15 is 0 Å². The van der Waals surface area contributed by atoms with Crippen LogP contribution < -0.4 is 5.73 Å². The van der Waals surface area contributed by atoms with Gasteiger partial charge in [0.1, 0.15) is 11.9 Å². The van der Waals surface area contributed by atoms with E-state index in [1.54, 1.807) is 6.07 Å². The van der Waals surface area contributed by atoms with Crippen LogP contribution >= 0.6 is 0 Å². The SMILES string of the molecule is COC(C(N)=O)[C@@H](c1nc(-c2ccccc2)cn1Cc1cccc(C#N)c1)C(C)(C)C. The molecule has 1 unspecified atom stereocenters. The molecule has 6 nitrogen and oxygen atoms in total. The zero-order valence-electron chi connectivity index (χ0n) is 18.4. The van der Waals surface area contributed by atoms with Crippen molar-refractivity contribution in [1.29, 1.82) is 5.26 Å². The average Bonchev–Trinajstić information content (AvgIpc) is 3.14. The van der Waals surface area contributed by atoms with Crippen molar-refractivity contribution in [3.63, 3.8) is 0 Å². The summed E-state index contributed by atoms with van der Waals surface area (Å²) in [5.74, 6) is -0.171. The second kappa shape index (κ2) is 9.15. The van der Waals surface area contributed by atoms with E-state index in [2.05, 4.69) is 6.07 Å². The van der Waals surface area contributed by atoms with Gasteiger partial charge < -0.3 is 15.0 Å². The van der Waals surface area contributed by atoms with Crippen molar-refractivity contribution >= 4 is 5.91 Å². The topological polar surface area (TPSA) is 93.9 Å². The molecule has 0 aliphatic heterocycles. The summed E-state index contributed by atoms with van der Waals surface area (Å²) in [6.07, 6.45) is 1.16. The minimum atomic E-state index is -0.824. The van der Waals surface area contributed by atoms with Gasteiger partial charge in [-0.15, -0.1) is 0 Å². The number of primary amides is 1. The molecule has 0 spiro atoms. The summed E-state index contributed by atoms with van der Waals surface area (Å²) < 4.78 is 7.57. The molecule has 0 radical (unpaired) electrons. The number of carbonyl (C=O) groups excluding carboxylic acids is 1. The second-order valence-corrected chi connectivity index (χ2v) is 8.69. The summed E-state index contributed by atoms with van der Waals surface area (Å²) in [6.45, 7) is 6.64. The third-order valence-electron chi connectivity index (χ3n) is 5.33. The Bertz CT molecular complexity index is 1090. The maximum atomic E-state index is 12.2. The van der Waals surface area contributed by atoms with Gasteiger partial charge in [-0.05, 0) is 23.1 Å². The summed E-state index contributed by atoms with van der Waals surface area (Å²) in [5, 5.41) is 9.26. The van der Waals surface area contributed by atoms with Gasteiger partial charge in [-0.25, -0.2) is 4.98 Å². The van der Waals surface area contributed by atoms with Gasteiger partial charge in [-0.3, -0.25) is 4.79 Å². The summed E-state index contributed by atoms with van der Waals surface area (Å²) in [6, 6.07) is 19.6. The number of nitrogens with two attached hydrogens (primary N) is 1. The summed E-state index contributed by atoms with van der Waals surface area (Å²) in [7, 11) is 1.50. The van der Waals surface area contributed by atoms with Crippen LogP contribution in [0.1, 0.15) is 43.6 Å². The molecule has 1 heterocycles. The fraction of sp³-hybridized carbons (Fsp3) is 0.320. The van der Waals surface area contributed by atoms with E-state index in [4.69, 9.17) is 15.5 Å². The van der Waals surface area contributed by atoms with Crippen molar-refractivity contribution in [1.82, 2.24) is 9.55 Å². The summed E-state index contributed by atoms with van der Waals surface area (Å²) >= 11 is 0. The van der Waals surface area contributed by atoms with Crippen LogP contribution in [-0.2, 0) is 16.1 Å². The number of ether oxygens (including phenoxy) is 1. The van der Waals surface area contributed by atoms with Crippen molar-refractivity contribution in [3.05, 3.63) is 77.7 Å². The first-order valence-electron chi connectivity index (χ1n) is 10.2. The average molecular weight is 417 g/mol. The van der Waals surface area contributed by atoms with E-state index in [0.29, 0.717) is 12.1 Å². The van der Waals surface area contributed by atoms with Crippen LogP contribution in [0.15, 0.2) is 60.8 Å². The molecule has 0 fully saturated rings. The smallest absolute Gasteiger partial charge is 0.247 e. The van der Waals surface area contributed by atoms with E-state index in [9.17, 15) is 10.1 Å². The Morgan fingerprint density at radius 1 is 1.19 bits per heavy atom. The lowest BCUT2D eigenvalue weighted by molar-refractivity contribution is -0.131. The van der Waals surface area contributed by atoms with Gasteiger partial charge >= 0.3 is 0 Å². The largest absolute Gasteiger partial charge is 0.371 e. The molecule has 0 saturated heterocycles. The first kappa shape index (κ1) is 22.3. The molecule has 2 atom stereocenters. The highest BCUT2D eigenvalue weighted by Crippen LogP contribution is 2.39. The van der Waals surface area contributed by atoms with Crippen LogP contribution in [0, 0.1) is 16.7 Å². The Kier molecular flexibility index (Phi) is 6.57. The van der Waals surface area contributed by atoms with E-state index in [1.807, 2.05) is 80.1 Å². The highest BCUT2D eigenvalue weighted by molar-refractivity contribution is 5.80. The van der Waals surface area contributed by atoms with Gasteiger partial charge in [0.2, 0.25) is 5.91 Å². The monoisotopic (exact) mass is 416 g/mol. The number of hydrogen-bond acceptors (Lipinski definition) is 4. The first-order chi connectivity index (χ1) is 14.7. The Labute approximate surface area is 183 Å². The maximum Gasteiger partial charge on any atom is 0.247 e. The zero-order valence-corrected chi connectivity index (χ0v) is 18.4. The highest BCUT2D eigenvalue weighted by atomic mass is 16.5. The molecule has 1 amide bonds. The quantitative estimate of drug-likeness (QED) is 0.627. The van der Waals surface area contributed by atoms with Crippen LogP contribution in [0.5, 0.6) is 0 Å². The van der Waals surface area contributed by atoms with Crippen LogP contribution in [-0.4, -0.2) is 28.7 Å². The molecule has 1 aromatic heterocycles. The van der Waals surface area contributed by atoms with Crippen LogP contribution in [0.3, 0.4) is 0 Å². The molecule has 3 aromatic rings. The maximum absolute atomic E-state index is 12.2. The molecule has 0 bridgehead atoms. The van der Waals surface area contributed by atoms with Gasteiger partial charge in [0.15, 0.2) is 0 Å². The lowest BCUT2D eigenvalue weighted by atomic mass is 9.76. The van der Waals surface area contributed by atoms with Crippen molar-refractivity contribution in [3.8, 4) is 17.3 Å². The number of methoxy groups -OCH3 is 1. The number of benzene rings is 2. The van der Waals surface area contributed by atoms with E-state index < -0.39 is 12.0 Å². The minimum absolute atomic E-state index is 0.346. The standard InChI is InChI=1S/C25H28N4O2/c1-25(2,3)21(22(31-4)23(27)30)24-28-20(19-11-6-5-7-12-19)16-29(24)15-18-10-8-9-17(13-18)14-26/h5-13,16,21-22H,15H2,1-4H3,(H2,27,30)/t21-,22?/m0/s1. The molecule has 6 heteroatoms. The molecule has 160 valence electrons. The molecule has 2 N–H and O–H groups in total. The number of carbonyl (C=O) groups is 1. The van der Waals surface area contributed by atoms with Gasteiger partial charge in [-0.1, -0.05) is 63.2 Å². The van der Waals surface area contributed by atoms with Crippen LogP contribution in [0.25, 0.3) is 11.3 Å². The van der Waals surface area contributed by atoms with Crippen molar-refractivity contribution in [2.45, 2.75) is 39.3 Å². The van der Waals surface area contributed by atoms with Gasteiger partial charge in [0, 0.05) is 25.4 Å². The molecule has 2 aromatic carbocycles.